The SMILES string of the molecule is CCNC(=NCCCCc1nc(C)cs1)NC1CCN(C(C)C)CC1.I. The summed E-state index contributed by atoms with van der Waals surface area (Å²) in [4.78, 5) is 11.8. The summed E-state index contributed by atoms with van der Waals surface area (Å²) in [6.45, 7) is 12.9. The van der Waals surface area contributed by atoms with Crippen LogP contribution in [0.15, 0.2) is 10.4 Å². The third kappa shape index (κ3) is 8.52. The Morgan fingerprint density at radius 3 is 2.65 bits per heavy atom. The Kier molecular flexibility index (Phi) is 11.7. The third-order valence-corrected chi connectivity index (χ3v) is 5.71. The molecule has 0 amide bonds. The smallest absolute Gasteiger partial charge is 0.191 e. The number of aromatic nitrogens is 1. The molecule has 1 saturated heterocycles. The van der Waals surface area contributed by atoms with E-state index in [1.165, 1.54) is 30.9 Å². The summed E-state index contributed by atoms with van der Waals surface area (Å²) in [6.07, 6.45) is 5.74. The van der Waals surface area contributed by atoms with Gasteiger partial charge in [-0.05, 0) is 59.8 Å². The summed E-state index contributed by atoms with van der Waals surface area (Å²) >= 11 is 1.77. The van der Waals surface area contributed by atoms with E-state index in [4.69, 9.17) is 4.99 Å². The number of rotatable bonds is 8. The lowest BCUT2D eigenvalue weighted by Gasteiger charge is -2.35. The van der Waals surface area contributed by atoms with Gasteiger partial charge in [0, 0.05) is 49.3 Å². The maximum atomic E-state index is 4.76. The van der Waals surface area contributed by atoms with Crippen LogP contribution in [0, 0.1) is 6.92 Å². The van der Waals surface area contributed by atoms with Crippen molar-refractivity contribution in [3.63, 3.8) is 0 Å². The standard InChI is InChI=1S/C19H35N5S.HI/c1-5-20-19(23-17-9-12-24(13-10-17)15(2)3)21-11-7-6-8-18-22-16(4)14-25-18;/h14-15,17H,5-13H2,1-4H3,(H2,20,21,23);1H. The van der Waals surface area contributed by atoms with Crippen molar-refractivity contribution in [1.29, 1.82) is 0 Å². The van der Waals surface area contributed by atoms with E-state index < -0.39 is 0 Å². The van der Waals surface area contributed by atoms with E-state index in [1.54, 1.807) is 11.3 Å². The number of guanidine groups is 1. The van der Waals surface area contributed by atoms with Crippen molar-refractivity contribution in [2.24, 2.45) is 4.99 Å². The number of thiazole rings is 1. The lowest BCUT2D eigenvalue weighted by molar-refractivity contribution is 0.167. The molecular formula is C19H36IN5S. The van der Waals surface area contributed by atoms with E-state index in [9.17, 15) is 0 Å². The van der Waals surface area contributed by atoms with E-state index in [2.05, 4.69) is 53.6 Å². The average Bonchev–Trinajstić information content (AvgIpc) is 3.00. The van der Waals surface area contributed by atoms with Gasteiger partial charge in [-0.25, -0.2) is 4.98 Å². The number of likely N-dealkylation sites (tertiary alicyclic amines) is 1. The normalized spacial score (nSPS) is 16.6. The van der Waals surface area contributed by atoms with Crippen molar-refractivity contribution in [3.05, 3.63) is 16.1 Å². The number of piperidine rings is 1. The Labute approximate surface area is 180 Å². The van der Waals surface area contributed by atoms with E-state index in [1.807, 2.05) is 0 Å². The molecule has 0 bridgehead atoms. The number of aryl methyl sites for hydroxylation is 2. The molecule has 7 heteroatoms. The number of nitrogens with zero attached hydrogens (tertiary/aromatic N) is 3. The first kappa shape index (κ1) is 23.6. The van der Waals surface area contributed by atoms with Gasteiger partial charge >= 0.3 is 0 Å². The van der Waals surface area contributed by atoms with Crippen LogP contribution in [0.25, 0.3) is 0 Å². The molecule has 2 rings (SSSR count). The zero-order chi connectivity index (χ0) is 18.1. The highest BCUT2D eigenvalue weighted by Crippen LogP contribution is 2.13. The topological polar surface area (TPSA) is 52.6 Å². The summed E-state index contributed by atoms with van der Waals surface area (Å²) in [5, 5.41) is 10.4. The molecule has 5 nitrogen and oxygen atoms in total. The van der Waals surface area contributed by atoms with Crippen LogP contribution in [0.3, 0.4) is 0 Å². The van der Waals surface area contributed by atoms with Crippen molar-refractivity contribution in [2.45, 2.75) is 71.9 Å². The van der Waals surface area contributed by atoms with Gasteiger partial charge in [-0.3, -0.25) is 4.99 Å². The van der Waals surface area contributed by atoms with Gasteiger partial charge in [-0.15, -0.1) is 35.3 Å². The second-order valence-corrected chi connectivity index (χ2v) is 8.09. The molecule has 1 fully saturated rings. The van der Waals surface area contributed by atoms with Crippen LogP contribution in [0.1, 0.15) is 57.2 Å². The largest absolute Gasteiger partial charge is 0.357 e. The van der Waals surface area contributed by atoms with Gasteiger partial charge in [0.2, 0.25) is 0 Å². The average molecular weight is 494 g/mol. The van der Waals surface area contributed by atoms with Gasteiger partial charge < -0.3 is 15.5 Å². The first-order chi connectivity index (χ1) is 12.1. The van der Waals surface area contributed by atoms with Crippen LogP contribution in [-0.4, -0.2) is 54.1 Å². The molecule has 0 saturated carbocycles. The Hall–Kier alpha value is -0.410. The predicted octanol–water partition coefficient (Wildman–Crippen LogP) is 3.82. The molecule has 2 N–H and O–H groups in total. The van der Waals surface area contributed by atoms with E-state index in [0.717, 1.165) is 44.0 Å². The fraction of sp³-hybridized carbons (Fsp3) is 0.789. The molecule has 0 atom stereocenters. The number of halogens is 1. The monoisotopic (exact) mass is 493 g/mol. The molecule has 1 aromatic rings. The third-order valence-electron chi connectivity index (χ3n) is 4.68. The second kappa shape index (κ2) is 12.9. The molecule has 0 aromatic carbocycles. The Morgan fingerprint density at radius 2 is 2.08 bits per heavy atom. The van der Waals surface area contributed by atoms with Crippen molar-refractivity contribution in [3.8, 4) is 0 Å². The predicted molar refractivity (Wildman–Crippen MR) is 124 cm³/mol. The van der Waals surface area contributed by atoms with E-state index in [0.29, 0.717) is 12.1 Å². The zero-order valence-electron chi connectivity index (χ0n) is 16.8. The maximum absolute atomic E-state index is 4.76. The molecule has 1 aliphatic rings. The van der Waals surface area contributed by atoms with Gasteiger partial charge in [0.15, 0.2) is 5.96 Å². The van der Waals surface area contributed by atoms with Crippen LogP contribution >= 0.6 is 35.3 Å². The minimum atomic E-state index is 0. The lowest BCUT2D eigenvalue weighted by Crippen LogP contribution is -2.49. The molecule has 0 radical (unpaired) electrons. The fourth-order valence-electron chi connectivity index (χ4n) is 3.17. The quantitative estimate of drug-likeness (QED) is 0.250. The minimum absolute atomic E-state index is 0. The molecule has 2 heterocycles. The number of hydrogen-bond acceptors (Lipinski definition) is 4. The van der Waals surface area contributed by atoms with Gasteiger partial charge in [0.25, 0.3) is 0 Å². The zero-order valence-corrected chi connectivity index (χ0v) is 19.9. The van der Waals surface area contributed by atoms with E-state index >= 15 is 0 Å². The molecule has 0 spiro atoms. The van der Waals surface area contributed by atoms with Gasteiger partial charge in [-0.2, -0.15) is 0 Å². The summed E-state index contributed by atoms with van der Waals surface area (Å²) in [5.41, 5.74) is 1.14. The first-order valence-electron chi connectivity index (χ1n) is 9.78. The Morgan fingerprint density at radius 1 is 1.35 bits per heavy atom. The van der Waals surface area contributed by atoms with Crippen LogP contribution in [-0.2, 0) is 6.42 Å². The highest BCUT2D eigenvalue weighted by atomic mass is 127. The van der Waals surface area contributed by atoms with Crippen molar-refractivity contribution < 1.29 is 0 Å². The lowest BCUT2D eigenvalue weighted by atomic mass is 10.0. The molecule has 1 aliphatic heterocycles. The molecule has 1 aromatic heterocycles. The highest BCUT2D eigenvalue weighted by Gasteiger charge is 2.21. The first-order valence-corrected chi connectivity index (χ1v) is 10.7. The molecule has 26 heavy (non-hydrogen) atoms. The summed E-state index contributed by atoms with van der Waals surface area (Å²) < 4.78 is 0. The molecule has 0 unspecified atom stereocenters. The summed E-state index contributed by atoms with van der Waals surface area (Å²) in [5.74, 6) is 0.982. The van der Waals surface area contributed by atoms with Crippen LogP contribution < -0.4 is 10.6 Å². The maximum Gasteiger partial charge on any atom is 0.191 e. The minimum Gasteiger partial charge on any atom is -0.357 e. The molecule has 150 valence electrons. The highest BCUT2D eigenvalue weighted by molar-refractivity contribution is 14.0. The van der Waals surface area contributed by atoms with Gasteiger partial charge in [0.1, 0.15) is 0 Å². The number of unbranched alkanes of at least 4 members (excludes halogenated alkanes) is 1. The molecular weight excluding hydrogens is 457 g/mol. The molecule has 0 aliphatic carbocycles. The second-order valence-electron chi connectivity index (χ2n) is 7.15. The Balaban J connectivity index is 0.00000338. The van der Waals surface area contributed by atoms with Crippen molar-refractivity contribution in [1.82, 2.24) is 20.5 Å². The van der Waals surface area contributed by atoms with Crippen LogP contribution in [0.4, 0.5) is 0 Å². The van der Waals surface area contributed by atoms with Crippen LogP contribution in [0.5, 0.6) is 0 Å². The number of nitrogens with one attached hydrogen (secondary N) is 2. The Bertz CT molecular complexity index is 524. The summed E-state index contributed by atoms with van der Waals surface area (Å²) in [6, 6.07) is 1.20. The van der Waals surface area contributed by atoms with Crippen molar-refractivity contribution >= 4 is 41.3 Å². The van der Waals surface area contributed by atoms with Gasteiger partial charge in [-0.1, -0.05) is 0 Å². The van der Waals surface area contributed by atoms with Crippen molar-refractivity contribution in [2.75, 3.05) is 26.2 Å². The van der Waals surface area contributed by atoms with Gasteiger partial charge in [0.05, 0.1) is 5.01 Å². The number of aliphatic imine (C=N–C) groups is 1. The summed E-state index contributed by atoms with van der Waals surface area (Å²) in [7, 11) is 0. The van der Waals surface area contributed by atoms with E-state index in [-0.39, 0.29) is 24.0 Å². The fourth-order valence-corrected chi connectivity index (χ4v) is 3.99. The number of hydrogen-bond donors (Lipinski definition) is 2. The van der Waals surface area contributed by atoms with Crippen LogP contribution in [0.2, 0.25) is 0 Å².